The Morgan fingerprint density at radius 3 is 2.63 bits per heavy atom. The van der Waals surface area contributed by atoms with Crippen molar-refractivity contribution in [3.63, 3.8) is 0 Å². The van der Waals surface area contributed by atoms with Gasteiger partial charge in [0.05, 0.1) is 23.4 Å². The highest BCUT2D eigenvalue weighted by Gasteiger charge is 2.66. The smallest absolute Gasteiger partial charge is 0.334 e. The molecule has 1 saturated heterocycles. The van der Waals surface area contributed by atoms with E-state index in [1.165, 1.54) is 0 Å². The van der Waals surface area contributed by atoms with Gasteiger partial charge in [0, 0.05) is 24.5 Å². The molecule has 0 aromatic carbocycles. The Morgan fingerprint density at radius 1 is 1.37 bits per heavy atom. The van der Waals surface area contributed by atoms with Crippen molar-refractivity contribution in [1.82, 2.24) is 0 Å². The Labute approximate surface area is 160 Å². The molecule has 0 bridgehead atoms. The summed E-state index contributed by atoms with van der Waals surface area (Å²) in [5, 5.41) is 0. The monoisotopic (exact) mass is 378 g/mol. The van der Waals surface area contributed by atoms with E-state index in [1.54, 1.807) is 13.8 Å². The molecule has 1 heterocycles. The number of ether oxygens (including phenoxy) is 3. The molecule has 27 heavy (non-hydrogen) atoms. The third-order valence-electron chi connectivity index (χ3n) is 6.63. The average Bonchev–Trinajstić information content (AvgIpc) is 2.96. The second kappa shape index (κ2) is 7.04. The standard InChI is InChI=1S/C21H30O6/c1-7-25-14-9-15(22)21(6)17(14)11(4)8-13-16(12(5)20(24)26-13)18(21)27-19(23)10(2)3/h10-11,13-14,16-18H,5,7-9H2,1-4,6H3. The van der Waals surface area contributed by atoms with Crippen molar-refractivity contribution < 1.29 is 28.6 Å². The number of rotatable bonds is 4. The fourth-order valence-corrected chi connectivity index (χ4v) is 5.35. The van der Waals surface area contributed by atoms with Gasteiger partial charge in [0.2, 0.25) is 0 Å². The van der Waals surface area contributed by atoms with E-state index in [0.29, 0.717) is 25.0 Å². The predicted molar refractivity (Wildman–Crippen MR) is 97.6 cm³/mol. The van der Waals surface area contributed by atoms with Crippen molar-refractivity contribution in [3.05, 3.63) is 12.2 Å². The second-order valence-electron chi connectivity index (χ2n) is 8.65. The quantitative estimate of drug-likeness (QED) is 0.553. The first-order chi connectivity index (χ1) is 12.6. The molecule has 1 aliphatic heterocycles. The van der Waals surface area contributed by atoms with Crippen molar-refractivity contribution in [2.45, 2.75) is 65.8 Å². The number of hydrogen-bond donors (Lipinski definition) is 0. The molecule has 3 aliphatic rings. The summed E-state index contributed by atoms with van der Waals surface area (Å²) in [6.07, 6.45) is -0.520. The van der Waals surface area contributed by atoms with Crippen LogP contribution in [-0.2, 0) is 28.6 Å². The lowest BCUT2D eigenvalue weighted by atomic mass is 9.67. The largest absolute Gasteiger partial charge is 0.460 e. The first-order valence-corrected chi connectivity index (χ1v) is 9.88. The van der Waals surface area contributed by atoms with Crippen LogP contribution in [0.5, 0.6) is 0 Å². The molecule has 0 spiro atoms. The van der Waals surface area contributed by atoms with Crippen LogP contribution in [0.4, 0.5) is 0 Å². The van der Waals surface area contributed by atoms with Gasteiger partial charge in [-0.3, -0.25) is 9.59 Å². The van der Waals surface area contributed by atoms with Crippen molar-refractivity contribution in [2.75, 3.05) is 6.61 Å². The second-order valence-corrected chi connectivity index (χ2v) is 8.65. The SMILES string of the molecule is C=C1C(=O)OC2CC(C)C3C(OCC)CC(=O)C3(C)C(OC(=O)C(C)C)C12. The van der Waals surface area contributed by atoms with Gasteiger partial charge < -0.3 is 14.2 Å². The fourth-order valence-electron chi connectivity index (χ4n) is 5.35. The van der Waals surface area contributed by atoms with Gasteiger partial charge in [-0.05, 0) is 26.2 Å². The van der Waals surface area contributed by atoms with Crippen molar-refractivity contribution in [1.29, 1.82) is 0 Å². The van der Waals surface area contributed by atoms with Crippen LogP contribution >= 0.6 is 0 Å². The zero-order valence-corrected chi connectivity index (χ0v) is 16.8. The molecule has 0 aromatic rings. The maximum absolute atomic E-state index is 13.2. The summed E-state index contributed by atoms with van der Waals surface area (Å²) in [6, 6.07) is 0. The minimum absolute atomic E-state index is 0.0205. The Morgan fingerprint density at radius 2 is 2.04 bits per heavy atom. The third kappa shape index (κ3) is 3.02. The molecule has 0 amide bonds. The number of ketones is 1. The summed E-state index contributed by atoms with van der Waals surface area (Å²) in [5.74, 6) is -1.69. The Kier molecular flexibility index (Phi) is 5.23. The fraction of sp³-hybridized carbons (Fsp3) is 0.762. The highest BCUT2D eigenvalue weighted by Crippen LogP contribution is 2.57. The van der Waals surface area contributed by atoms with E-state index in [1.807, 2.05) is 13.8 Å². The number of Topliss-reactive ketones (excluding diaryl/α,β-unsaturated/α-hetero) is 1. The van der Waals surface area contributed by atoms with Crippen LogP contribution in [-0.4, -0.2) is 42.6 Å². The zero-order valence-electron chi connectivity index (χ0n) is 16.8. The van der Waals surface area contributed by atoms with Crippen LogP contribution in [0.2, 0.25) is 0 Å². The van der Waals surface area contributed by atoms with E-state index in [2.05, 4.69) is 13.5 Å². The normalized spacial score (nSPS) is 41.2. The number of carbonyl (C=O) groups excluding carboxylic acids is 3. The van der Waals surface area contributed by atoms with E-state index in [9.17, 15) is 14.4 Å². The van der Waals surface area contributed by atoms with Gasteiger partial charge >= 0.3 is 11.9 Å². The number of hydrogen-bond acceptors (Lipinski definition) is 6. The Hall–Kier alpha value is -1.69. The minimum atomic E-state index is -0.930. The number of carbonyl (C=O) groups is 3. The molecule has 150 valence electrons. The summed E-state index contributed by atoms with van der Waals surface area (Å²) in [5.41, 5.74) is -0.636. The molecule has 3 fully saturated rings. The van der Waals surface area contributed by atoms with E-state index in [-0.39, 0.29) is 35.6 Å². The van der Waals surface area contributed by atoms with E-state index >= 15 is 0 Å². The predicted octanol–water partition coefficient (Wildman–Crippen LogP) is 2.69. The number of esters is 2. The Balaban J connectivity index is 2.10. The third-order valence-corrected chi connectivity index (χ3v) is 6.63. The van der Waals surface area contributed by atoms with Gasteiger partial charge in [-0.2, -0.15) is 0 Å². The van der Waals surface area contributed by atoms with Crippen LogP contribution in [0.3, 0.4) is 0 Å². The summed E-state index contributed by atoms with van der Waals surface area (Å²) >= 11 is 0. The average molecular weight is 378 g/mol. The van der Waals surface area contributed by atoms with Crippen molar-refractivity contribution in [3.8, 4) is 0 Å². The highest BCUT2D eigenvalue weighted by molar-refractivity contribution is 5.93. The van der Waals surface area contributed by atoms with Gasteiger partial charge in [-0.1, -0.05) is 27.4 Å². The van der Waals surface area contributed by atoms with Crippen LogP contribution in [0.25, 0.3) is 0 Å². The lowest BCUT2D eigenvalue weighted by Gasteiger charge is -2.41. The Bertz CT molecular complexity index is 668. The first-order valence-electron chi connectivity index (χ1n) is 9.88. The molecule has 0 aromatic heterocycles. The van der Waals surface area contributed by atoms with Crippen LogP contribution in [0, 0.1) is 29.1 Å². The minimum Gasteiger partial charge on any atom is -0.460 e. The topological polar surface area (TPSA) is 78.9 Å². The van der Waals surface area contributed by atoms with E-state index in [4.69, 9.17) is 14.2 Å². The molecule has 0 radical (unpaired) electrons. The van der Waals surface area contributed by atoms with Gasteiger partial charge in [-0.15, -0.1) is 0 Å². The van der Waals surface area contributed by atoms with Crippen LogP contribution in [0.15, 0.2) is 12.2 Å². The first kappa shape index (κ1) is 20.1. The molecule has 6 nitrogen and oxygen atoms in total. The van der Waals surface area contributed by atoms with Gasteiger partial charge in [0.1, 0.15) is 18.0 Å². The van der Waals surface area contributed by atoms with E-state index < -0.39 is 29.5 Å². The molecule has 2 saturated carbocycles. The maximum atomic E-state index is 13.2. The van der Waals surface area contributed by atoms with Gasteiger partial charge in [0.15, 0.2) is 0 Å². The highest BCUT2D eigenvalue weighted by atomic mass is 16.6. The van der Waals surface area contributed by atoms with Crippen molar-refractivity contribution >= 4 is 17.7 Å². The molecular formula is C21H30O6. The summed E-state index contributed by atoms with van der Waals surface area (Å²) in [4.78, 5) is 37.9. The van der Waals surface area contributed by atoms with Gasteiger partial charge in [-0.25, -0.2) is 4.79 Å². The molecule has 7 unspecified atom stereocenters. The van der Waals surface area contributed by atoms with Gasteiger partial charge in [0.25, 0.3) is 0 Å². The summed E-state index contributed by atoms with van der Waals surface area (Å²) in [6.45, 7) is 13.8. The molecule has 6 heteroatoms. The molecule has 7 atom stereocenters. The summed E-state index contributed by atoms with van der Waals surface area (Å²) in [7, 11) is 0. The maximum Gasteiger partial charge on any atom is 0.334 e. The lowest BCUT2D eigenvalue weighted by Crippen LogP contribution is -2.50. The van der Waals surface area contributed by atoms with Crippen LogP contribution in [0.1, 0.15) is 47.5 Å². The molecular weight excluding hydrogens is 348 g/mol. The zero-order chi connectivity index (χ0) is 20.1. The lowest BCUT2D eigenvalue weighted by molar-refractivity contribution is -0.170. The molecule has 3 rings (SSSR count). The number of fused-ring (bicyclic) bond motifs is 2. The molecule has 0 N–H and O–H groups in total. The van der Waals surface area contributed by atoms with E-state index in [0.717, 1.165) is 0 Å². The molecule has 2 aliphatic carbocycles. The van der Waals surface area contributed by atoms with Crippen molar-refractivity contribution in [2.24, 2.45) is 29.1 Å². The summed E-state index contributed by atoms with van der Waals surface area (Å²) < 4.78 is 17.4. The van der Waals surface area contributed by atoms with Crippen LogP contribution < -0.4 is 0 Å².